The Morgan fingerprint density at radius 2 is 2.00 bits per heavy atom. The number of furan rings is 1. The third-order valence-electron chi connectivity index (χ3n) is 7.24. The quantitative estimate of drug-likeness (QED) is 0.726. The van der Waals surface area contributed by atoms with E-state index in [0.29, 0.717) is 11.7 Å². The first-order chi connectivity index (χ1) is 11.4. The van der Waals surface area contributed by atoms with Crippen molar-refractivity contribution < 1.29 is 18.7 Å². The van der Waals surface area contributed by atoms with Crippen LogP contribution < -0.4 is 0 Å². The summed E-state index contributed by atoms with van der Waals surface area (Å²) in [5.41, 5.74) is 0.919. The van der Waals surface area contributed by atoms with Gasteiger partial charge < -0.3 is 9.15 Å². The molecule has 3 fully saturated rings. The van der Waals surface area contributed by atoms with E-state index in [4.69, 9.17) is 9.15 Å². The second-order valence-corrected chi connectivity index (χ2v) is 8.45. The van der Waals surface area contributed by atoms with Crippen LogP contribution >= 0.6 is 0 Å². The van der Waals surface area contributed by atoms with Crippen molar-refractivity contribution in [3.05, 3.63) is 24.2 Å². The molecule has 130 valence electrons. The Morgan fingerprint density at radius 3 is 2.71 bits per heavy atom. The standard InChI is InChI=1S/C20H26O4/c1-11-8-12(2)20(3)6-4-14-15(17(20)18(11)21)9-16(24-19(14)22)13-5-7-23-10-13/h5,7,10-12,14-17H,4,6,8-9H2,1-3H3/t11-,12+,14+,15-,16-,17-,20-/m0/s1. The van der Waals surface area contributed by atoms with E-state index >= 15 is 0 Å². The summed E-state index contributed by atoms with van der Waals surface area (Å²) in [6.45, 7) is 6.61. The van der Waals surface area contributed by atoms with E-state index in [-0.39, 0.29) is 41.2 Å². The SMILES string of the molecule is C[C@@H]1C[C@H](C)C(=O)[C@@H]2[C@H]3C[C@@H](c4ccoc4)OC(=O)[C@@H]3CC[C@@]12C. The van der Waals surface area contributed by atoms with Crippen molar-refractivity contribution in [3.8, 4) is 0 Å². The van der Waals surface area contributed by atoms with Crippen LogP contribution in [0.25, 0.3) is 0 Å². The Hall–Kier alpha value is -1.58. The van der Waals surface area contributed by atoms with Gasteiger partial charge >= 0.3 is 5.97 Å². The Balaban J connectivity index is 1.70. The van der Waals surface area contributed by atoms with Crippen molar-refractivity contribution in [3.63, 3.8) is 0 Å². The summed E-state index contributed by atoms with van der Waals surface area (Å²) < 4.78 is 10.9. The second-order valence-electron chi connectivity index (χ2n) is 8.45. The molecule has 4 rings (SSSR count). The molecule has 2 saturated carbocycles. The molecule has 7 atom stereocenters. The van der Waals surface area contributed by atoms with Crippen molar-refractivity contribution in [2.45, 2.75) is 52.6 Å². The van der Waals surface area contributed by atoms with Crippen LogP contribution in [0.15, 0.2) is 23.0 Å². The summed E-state index contributed by atoms with van der Waals surface area (Å²) in [5.74, 6) is 0.820. The minimum atomic E-state index is -0.278. The van der Waals surface area contributed by atoms with Crippen LogP contribution in [0, 0.1) is 35.0 Å². The largest absolute Gasteiger partial charge is 0.472 e. The molecular weight excluding hydrogens is 304 g/mol. The minimum absolute atomic E-state index is 0.0164. The van der Waals surface area contributed by atoms with E-state index in [2.05, 4.69) is 20.8 Å². The smallest absolute Gasteiger partial charge is 0.309 e. The first-order valence-corrected chi connectivity index (χ1v) is 9.18. The lowest BCUT2D eigenvalue weighted by Crippen LogP contribution is -2.56. The summed E-state index contributed by atoms with van der Waals surface area (Å²) in [7, 11) is 0. The predicted octanol–water partition coefficient (Wildman–Crippen LogP) is 4.16. The molecule has 1 aromatic rings. The van der Waals surface area contributed by atoms with Crippen LogP contribution in [0.4, 0.5) is 0 Å². The molecule has 4 heteroatoms. The highest BCUT2D eigenvalue weighted by molar-refractivity contribution is 5.86. The zero-order valence-corrected chi connectivity index (χ0v) is 14.7. The van der Waals surface area contributed by atoms with Crippen LogP contribution in [0.2, 0.25) is 0 Å². The van der Waals surface area contributed by atoms with E-state index in [1.165, 1.54) is 0 Å². The van der Waals surface area contributed by atoms with Crippen molar-refractivity contribution in [2.75, 3.05) is 0 Å². The summed E-state index contributed by atoms with van der Waals surface area (Å²) >= 11 is 0. The van der Waals surface area contributed by atoms with E-state index in [9.17, 15) is 9.59 Å². The molecule has 0 aromatic carbocycles. The summed E-state index contributed by atoms with van der Waals surface area (Å²) in [5, 5.41) is 0. The number of esters is 1. The summed E-state index contributed by atoms with van der Waals surface area (Å²) in [6.07, 6.45) is 6.48. The third kappa shape index (κ3) is 2.18. The van der Waals surface area contributed by atoms with Gasteiger partial charge in [-0.3, -0.25) is 9.59 Å². The summed E-state index contributed by atoms with van der Waals surface area (Å²) in [4.78, 5) is 25.7. The summed E-state index contributed by atoms with van der Waals surface area (Å²) in [6, 6.07) is 1.86. The average molecular weight is 330 g/mol. The molecule has 1 saturated heterocycles. The molecule has 0 unspecified atom stereocenters. The Bertz CT molecular complexity index is 649. The average Bonchev–Trinajstić information content (AvgIpc) is 3.07. The second kappa shape index (κ2) is 5.47. The fraction of sp³-hybridized carbons (Fsp3) is 0.700. The van der Waals surface area contributed by atoms with Gasteiger partial charge in [0.15, 0.2) is 0 Å². The molecule has 0 bridgehead atoms. The molecule has 24 heavy (non-hydrogen) atoms. The van der Waals surface area contributed by atoms with Crippen molar-refractivity contribution >= 4 is 11.8 Å². The molecule has 0 N–H and O–H groups in total. The zero-order chi connectivity index (χ0) is 17.1. The molecule has 2 heterocycles. The lowest BCUT2D eigenvalue weighted by molar-refractivity contribution is -0.183. The Kier molecular flexibility index (Phi) is 3.63. The fourth-order valence-electron chi connectivity index (χ4n) is 5.65. The van der Waals surface area contributed by atoms with Gasteiger partial charge in [0, 0.05) is 17.4 Å². The number of hydrogen-bond acceptors (Lipinski definition) is 4. The molecule has 1 aliphatic heterocycles. The minimum Gasteiger partial charge on any atom is -0.472 e. The molecule has 0 amide bonds. The maximum absolute atomic E-state index is 13.1. The topological polar surface area (TPSA) is 56.5 Å². The van der Waals surface area contributed by atoms with Crippen LogP contribution in [0.5, 0.6) is 0 Å². The van der Waals surface area contributed by atoms with E-state index in [0.717, 1.165) is 31.2 Å². The monoisotopic (exact) mass is 330 g/mol. The first-order valence-electron chi connectivity index (χ1n) is 9.18. The van der Waals surface area contributed by atoms with Crippen molar-refractivity contribution in [1.82, 2.24) is 0 Å². The highest BCUT2D eigenvalue weighted by Gasteiger charge is 2.59. The van der Waals surface area contributed by atoms with Crippen LogP contribution in [-0.4, -0.2) is 11.8 Å². The van der Waals surface area contributed by atoms with Crippen molar-refractivity contribution in [2.24, 2.45) is 35.0 Å². The predicted molar refractivity (Wildman–Crippen MR) is 87.9 cm³/mol. The van der Waals surface area contributed by atoms with Crippen LogP contribution in [0.3, 0.4) is 0 Å². The highest BCUT2D eigenvalue weighted by Crippen LogP contribution is 2.59. The van der Waals surface area contributed by atoms with Gasteiger partial charge in [-0.25, -0.2) is 0 Å². The number of carbonyl (C=O) groups excluding carboxylic acids is 2. The van der Waals surface area contributed by atoms with Gasteiger partial charge in [0.1, 0.15) is 11.9 Å². The molecule has 2 aliphatic carbocycles. The number of cyclic esters (lactones) is 1. The normalized spacial score (nSPS) is 45.3. The number of hydrogen-bond donors (Lipinski definition) is 0. The number of rotatable bonds is 1. The van der Waals surface area contributed by atoms with Crippen molar-refractivity contribution in [1.29, 1.82) is 0 Å². The van der Waals surface area contributed by atoms with Gasteiger partial charge in [-0.05, 0) is 49.0 Å². The van der Waals surface area contributed by atoms with E-state index in [1.807, 2.05) is 6.07 Å². The fourth-order valence-corrected chi connectivity index (χ4v) is 5.65. The number of Topliss-reactive ketones (excluding diaryl/α,β-unsaturated/α-hetero) is 1. The van der Waals surface area contributed by atoms with Gasteiger partial charge in [0.2, 0.25) is 0 Å². The van der Waals surface area contributed by atoms with Gasteiger partial charge in [-0.2, -0.15) is 0 Å². The van der Waals surface area contributed by atoms with Gasteiger partial charge in [0.25, 0.3) is 0 Å². The number of ether oxygens (including phenoxy) is 1. The number of carbonyl (C=O) groups is 2. The molecule has 1 aromatic heterocycles. The van der Waals surface area contributed by atoms with E-state index < -0.39 is 0 Å². The van der Waals surface area contributed by atoms with Crippen LogP contribution in [-0.2, 0) is 14.3 Å². The number of fused-ring (bicyclic) bond motifs is 3. The molecule has 3 aliphatic rings. The molecule has 0 spiro atoms. The molecule has 4 nitrogen and oxygen atoms in total. The lowest BCUT2D eigenvalue weighted by Gasteiger charge is -2.56. The van der Waals surface area contributed by atoms with Gasteiger partial charge in [-0.15, -0.1) is 0 Å². The molecule has 0 radical (unpaired) electrons. The first kappa shape index (κ1) is 15.9. The zero-order valence-electron chi connectivity index (χ0n) is 14.7. The van der Waals surface area contributed by atoms with Gasteiger partial charge in [-0.1, -0.05) is 20.8 Å². The number of ketones is 1. The Labute approximate surface area is 142 Å². The third-order valence-corrected chi connectivity index (χ3v) is 7.24. The highest BCUT2D eigenvalue weighted by atomic mass is 16.5. The molecular formula is C20H26O4. The maximum Gasteiger partial charge on any atom is 0.309 e. The lowest BCUT2D eigenvalue weighted by atomic mass is 9.47. The van der Waals surface area contributed by atoms with Crippen LogP contribution in [0.1, 0.15) is 58.1 Å². The Morgan fingerprint density at radius 1 is 1.21 bits per heavy atom. The van der Waals surface area contributed by atoms with Gasteiger partial charge in [0.05, 0.1) is 18.4 Å². The van der Waals surface area contributed by atoms with E-state index in [1.54, 1.807) is 12.5 Å². The maximum atomic E-state index is 13.1.